The minimum absolute atomic E-state index is 0.844. The van der Waals surface area contributed by atoms with Crippen molar-refractivity contribution in [3.05, 3.63) is 35.0 Å². The van der Waals surface area contributed by atoms with E-state index in [-0.39, 0.29) is 0 Å². The van der Waals surface area contributed by atoms with E-state index in [1.54, 1.807) is 0 Å². The molecule has 0 saturated heterocycles. The van der Waals surface area contributed by atoms with Gasteiger partial charge in [0, 0.05) is 49.1 Å². The molecule has 0 amide bonds. The highest BCUT2D eigenvalue weighted by Gasteiger charge is 2.19. The molecule has 0 aliphatic carbocycles. The third-order valence-electron chi connectivity index (χ3n) is 3.78. The molecule has 1 aliphatic heterocycles. The average molecular weight is 238 g/mol. The number of hydrogen-bond donors (Lipinski definition) is 1. The van der Waals surface area contributed by atoms with E-state index >= 15 is 0 Å². The summed E-state index contributed by atoms with van der Waals surface area (Å²) in [4.78, 5) is 6.01. The fourth-order valence-electron chi connectivity index (χ4n) is 2.80. The molecule has 2 heterocycles. The van der Waals surface area contributed by atoms with Gasteiger partial charge >= 0.3 is 0 Å². The van der Waals surface area contributed by atoms with E-state index in [1.165, 1.54) is 27.7 Å². The second-order valence-corrected chi connectivity index (χ2v) is 5.11. The number of rotatable bonds is 2. The summed E-state index contributed by atoms with van der Waals surface area (Å²) >= 11 is 0. The minimum Gasteiger partial charge on any atom is -0.358 e. The average Bonchev–Trinajstić information content (AvgIpc) is 2.74. The standard InChI is InChI=1S/C16H18N2/c1-3-4-8-18-9-7-16-14(11-18)13-10-12(2)5-6-15(13)17-16/h1,5-6,10,17H,4,7-9,11H2,2H3. The highest BCUT2D eigenvalue weighted by atomic mass is 15.1. The van der Waals surface area contributed by atoms with Gasteiger partial charge in [0.15, 0.2) is 0 Å². The number of nitrogens with zero attached hydrogens (tertiary/aromatic N) is 1. The summed E-state index contributed by atoms with van der Waals surface area (Å²) in [6, 6.07) is 6.64. The summed E-state index contributed by atoms with van der Waals surface area (Å²) in [5.41, 5.74) is 5.47. The van der Waals surface area contributed by atoms with Crippen LogP contribution in [-0.4, -0.2) is 23.0 Å². The molecule has 2 heteroatoms. The maximum absolute atomic E-state index is 5.35. The van der Waals surface area contributed by atoms with Gasteiger partial charge in [0.05, 0.1) is 0 Å². The third-order valence-corrected chi connectivity index (χ3v) is 3.78. The number of fused-ring (bicyclic) bond motifs is 3. The summed E-state index contributed by atoms with van der Waals surface area (Å²) in [5.74, 6) is 2.73. The van der Waals surface area contributed by atoms with E-state index in [0.29, 0.717) is 0 Å². The molecule has 0 unspecified atom stereocenters. The van der Waals surface area contributed by atoms with Crippen molar-refractivity contribution in [2.24, 2.45) is 0 Å². The van der Waals surface area contributed by atoms with Gasteiger partial charge in [-0.05, 0) is 24.6 Å². The highest BCUT2D eigenvalue weighted by Crippen LogP contribution is 2.28. The molecular formula is C16H18N2. The smallest absolute Gasteiger partial charge is 0.0459 e. The number of aryl methyl sites for hydroxylation is 1. The Hall–Kier alpha value is -1.72. The van der Waals surface area contributed by atoms with Gasteiger partial charge in [0.1, 0.15) is 0 Å². The number of hydrogen-bond acceptors (Lipinski definition) is 1. The van der Waals surface area contributed by atoms with Gasteiger partial charge in [0.25, 0.3) is 0 Å². The molecule has 2 nitrogen and oxygen atoms in total. The fraction of sp³-hybridized carbons (Fsp3) is 0.375. The molecule has 0 spiro atoms. The van der Waals surface area contributed by atoms with Crippen LogP contribution in [0, 0.1) is 19.3 Å². The maximum Gasteiger partial charge on any atom is 0.0459 e. The summed E-state index contributed by atoms with van der Waals surface area (Å²) in [5, 5.41) is 1.38. The van der Waals surface area contributed by atoms with Crippen molar-refractivity contribution in [1.29, 1.82) is 0 Å². The van der Waals surface area contributed by atoms with Crippen LogP contribution >= 0.6 is 0 Å². The first-order valence-corrected chi connectivity index (χ1v) is 6.54. The van der Waals surface area contributed by atoms with Gasteiger partial charge in [-0.15, -0.1) is 12.3 Å². The zero-order valence-corrected chi connectivity index (χ0v) is 10.8. The van der Waals surface area contributed by atoms with Crippen molar-refractivity contribution in [2.75, 3.05) is 13.1 Å². The monoisotopic (exact) mass is 238 g/mol. The fourth-order valence-corrected chi connectivity index (χ4v) is 2.80. The van der Waals surface area contributed by atoms with Gasteiger partial charge in [-0.2, -0.15) is 0 Å². The van der Waals surface area contributed by atoms with Crippen molar-refractivity contribution in [2.45, 2.75) is 26.3 Å². The van der Waals surface area contributed by atoms with Crippen LogP contribution in [0.25, 0.3) is 10.9 Å². The number of benzene rings is 1. The lowest BCUT2D eigenvalue weighted by Crippen LogP contribution is -2.30. The summed E-state index contributed by atoms with van der Waals surface area (Å²) < 4.78 is 0. The Balaban J connectivity index is 1.96. The number of aromatic nitrogens is 1. The van der Waals surface area contributed by atoms with Crippen LogP contribution < -0.4 is 0 Å². The molecule has 3 rings (SSSR count). The second-order valence-electron chi connectivity index (χ2n) is 5.11. The van der Waals surface area contributed by atoms with Crippen molar-refractivity contribution >= 4 is 10.9 Å². The van der Waals surface area contributed by atoms with Crippen LogP contribution in [0.5, 0.6) is 0 Å². The zero-order chi connectivity index (χ0) is 12.5. The topological polar surface area (TPSA) is 19.0 Å². The minimum atomic E-state index is 0.844. The Labute approximate surface area is 108 Å². The molecule has 1 aliphatic rings. The Morgan fingerprint density at radius 3 is 3.17 bits per heavy atom. The first kappa shape index (κ1) is 11.4. The summed E-state index contributed by atoms with van der Waals surface area (Å²) in [6.07, 6.45) is 7.30. The molecule has 1 aromatic heterocycles. The van der Waals surface area contributed by atoms with Crippen molar-refractivity contribution in [3.63, 3.8) is 0 Å². The third kappa shape index (κ3) is 1.91. The predicted molar refractivity (Wildman–Crippen MR) is 75.5 cm³/mol. The molecule has 0 bridgehead atoms. The molecule has 1 N–H and O–H groups in total. The maximum atomic E-state index is 5.35. The Morgan fingerprint density at radius 1 is 1.44 bits per heavy atom. The molecule has 1 aromatic carbocycles. The van der Waals surface area contributed by atoms with Gasteiger partial charge in [-0.1, -0.05) is 11.6 Å². The predicted octanol–water partition coefficient (Wildman–Crippen LogP) is 2.86. The molecule has 0 atom stereocenters. The van der Waals surface area contributed by atoms with E-state index in [9.17, 15) is 0 Å². The lowest BCUT2D eigenvalue weighted by Gasteiger charge is -2.26. The second kappa shape index (κ2) is 4.51. The molecule has 0 saturated carbocycles. The zero-order valence-electron chi connectivity index (χ0n) is 10.8. The van der Waals surface area contributed by atoms with Crippen LogP contribution in [-0.2, 0) is 13.0 Å². The van der Waals surface area contributed by atoms with Crippen molar-refractivity contribution in [3.8, 4) is 12.3 Å². The number of aromatic amines is 1. The Kier molecular flexibility index (Phi) is 2.85. The normalized spacial score (nSPS) is 15.6. The van der Waals surface area contributed by atoms with E-state index in [4.69, 9.17) is 6.42 Å². The van der Waals surface area contributed by atoms with E-state index in [1.807, 2.05) is 0 Å². The van der Waals surface area contributed by atoms with Gasteiger partial charge < -0.3 is 4.98 Å². The van der Waals surface area contributed by atoms with Gasteiger partial charge in [-0.25, -0.2) is 0 Å². The van der Waals surface area contributed by atoms with E-state index < -0.39 is 0 Å². The van der Waals surface area contributed by atoms with Gasteiger partial charge in [-0.3, -0.25) is 4.90 Å². The highest BCUT2D eigenvalue weighted by molar-refractivity contribution is 5.85. The molecule has 0 fully saturated rings. The van der Waals surface area contributed by atoms with Crippen LogP contribution in [0.4, 0.5) is 0 Å². The SMILES string of the molecule is C#CCCN1CCc2[nH]c3ccc(C)cc3c2C1. The lowest BCUT2D eigenvalue weighted by molar-refractivity contribution is 0.260. The Morgan fingerprint density at radius 2 is 2.33 bits per heavy atom. The molecule has 92 valence electrons. The van der Waals surface area contributed by atoms with Crippen molar-refractivity contribution < 1.29 is 0 Å². The van der Waals surface area contributed by atoms with Crippen LogP contribution in [0.2, 0.25) is 0 Å². The molecule has 0 radical (unpaired) electrons. The summed E-state index contributed by atoms with van der Waals surface area (Å²) in [7, 11) is 0. The van der Waals surface area contributed by atoms with Crippen LogP contribution in [0.1, 0.15) is 23.2 Å². The van der Waals surface area contributed by atoms with Gasteiger partial charge in [0.2, 0.25) is 0 Å². The largest absolute Gasteiger partial charge is 0.358 e. The van der Waals surface area contributed by atoms with E-state index in [2.05, 4.69) is 40.9 Å². The first-order chi connectivity index (χ1) is 8.78. The number of nitrogens with one attached hydrogen (secondary N) is 1. The molecule has 2 aromatic rings. The quantitative estimate of drug-likeness (QED) is 0.797. The number of terminal acetylenes is 1. The van der Waals surface area contributed by atoms with Crippen LogP contribution in [0.15, 0.2) is 18.2 Å². The summed E-state index contributed by atoms with van der Waals surface area (Å²) in [6.45, 7) is 5.30. The van der Waals surface area contributed by atoms with Crippen LogP contribution in [0.3, 0.4) is 0 Å². The van der Waals surface area contributed by atoms with Crippen molar-refractivity contribution in [1.82, 2.24) is 9.88 Å². The number of H-pyrrole nitrogens is 1. The molecule has 18 heavy (non-hydrogen) atoms. The lowest BCUT2D eigenvalue weighted by atomic mass is 10.0. The first-order valence-electron chi connectivity index (χ1n) is 6.54. The Bertz CT molecular complexity index is 616. The van der Waals surface area contributed by atoms with E-state index in [0.717, 1.165) is 32.5 Å². The molecular weight excluding hydrogens is 220 g/mol.